The number of benzene rings is 1. The van der Waals surface area contributed by atoms with Gasteiger partial charge < -0.3 is 15.4 Å². The van der Waals surface area contributed by atoms with Gasteiger partial charge in [0.25, 0.3) is 0 Å². The molecule has 1 saturated carbocycles. The molecule has 5 heteroatoms. The van der Waals surface area contributed by atoms with Crippen LogP contribution < -0.4 is 15.4 Å². The van der Waals surface area contributed by atoms with E-state index in [0.29, 0.717) is 6.04 Å². The number of methoxy groups -OCH3 is 1. The van der Waals surface area contributed by atoms with E-state index in [0.717, 1.165) is 37.1 Å². The predicted molar refractivity (Wildman–Crippen MR) is 98.8 cm³/mol. The van der Waals surface area contributed by atoms with Crippen molar-refractivity contribution in [3.63, 3.8) is 0 Å². The summed E-state index contributed by atoms with van der Waals surface area (Å²) in [5.41, 5.74) is 1.20. The van der Waals surface area contributed by atoms with Gasteiger partial charge in [-0.05, 0) is 37.3 Å². The number of halogens is 1. The van der Waals surface area contributed by atoms with Crippen LogP contribution in [-0.4, -0.2) is 32.2 Å². The summed E-state index contributed by atoms with van der Waals surface area (Å²) in [6.07, 6.45) is 2.14. The van der Waals surface area contributed by atoms with Crippen LogP contribution in [-0.2, 0) is 6.42 Å². The Hall–Kier alpha value is -0.980. The molecule has 0 spiro atoms. The maximum Gasteiger partial charge on any atom is 0.191 e. The summed E-state index contributed by atoms with van der Waals surface area (Å²) >= 11 is 0. The Bertz CT molecular complexity index is 465. The van der Waals surface area contributed by atoms with Crippen LogP contribution >= 0.6 is 24.0 Å². The number of para-hydroxylation sites is 1. The van der Waals surface area contributed by atoms with Crippen molar-refractivity contribution in [1.29, 1.82) is 0 Å². The summed E-state index contributed by atoms with van der Waals surface area (Å²) < 4.78 is 5.36. The fourth-order valence-electron chi connectivity index (χ4n) is 2.22. The molecule has 0 heterocycles. The van der Waals surface area contributed by atoms with Gasteiger partial charge in [-0.25, -0.2) is 0 Å². The van der Waals surface area contributed by atoms with Crippen LogP contribution in [0.1, 0.15) is 25.8 Å². The largest absolute Gasteiger partial charge is 0.496 e. The van der Waals surface area contributed by atoms with Crippen LogP contribution in [0.15, 0.2) is 29.3 Å². The van der Waals surface area contributed by atoms with E-state index >= 15 is 0 Å². The first kappa shape index (κ1) is 18.1. The third kappa shape index (κ3) is 5.73. The van der Waals surface area contributed by atoms with Crippen molar-refractivity contribution in [2.75, 3.05) is 20.2 Å². The molecular formula is C16H26IN3O. The van der Waals surface area contributed by atoms with Crippen LogP contribution in [0.3, 0.4) is 0 Å². The number of nitrogens with one attached hydrogen (secondary N) is 2. The Labute approximate surface area is 144 Å². The van der Waals surface area contributed by atoms with E-state index in [1.54, 1.807) is 7.11 Å². The monoisotopic (exact) mass is 403 g/mol. The summed E-state index contributed by atoms with van der Waals surface area (Å²) in [6.45, 7) is 6.00. The topological polar surface area (TPSA) is 45.7 Å². The Morgan fingerprint density at radius 1 is 1.38 bits per heavy atom. The average Bonchev–Trinajstić information content (AvgIpc) is 3.15. The number of guanidine groups is 1. The highest BCUT2D eigenvalue weighted by molar-refractivity contribution is 14.0. The van der Waals surface area contributed by atoms with Crippen LogP contribution in [0, 0.1) is 5.92 Å². The molecule has 0 bridgehead atoms. The lowest BCUT2D eigenvalue weighted by atomic mass is 10.1. The van der Waals surface area contributed by atoms with Gasteiger partial charge in [-0.3, -0.25) is 4.99 Å². The van der Waals surface area contributed by atoms with E-state index in [1.807, 2.05) is 18.2 Å². The summed E-state index contributed by atoms with van der Waals surface area (Å²) in [5.74, 6) is 2.64. The fraction of sp³-hybridized carbons (Fsp3) is 0.562. The summed E-state index contributed by atoms with van der Waals surface area (Å²) in [6, 6.07) is 8.72. The molecule has 0 amide bonds. The molecule has 2 rings (SSSR count). The first-order chi connectivity index (χ1) is 9.74. The van der Waals surface area contributed by atoms with Crippen molar-refractivity contribution in [1.82, 2.24) is 10.6 Å². The Kier molecular flexibility index (Phi) is 7.85. The number of hydrogen-bond acceptors (Lipinski definition) is 2. The van der Waals surface area contributed by atoms with E-state index in [9.17, 15) is 0 Å². The van der Waals surface area contributed by atoms with Crippen LogP contribution in [0.25, 0.3) is 0 Å². The van der Waals surface area contributed by atoms with E-state index < -0.39 is 0 Å². The average molecular weight is 403 g/mol. The quantitative estimate of drug-likeness (QED) is 0.436. The molecule has 2 atom stereocenters. The zero-order chi connectivity index (χ0) is 14.4. The lowest BCUT2D eigenvalue weighted by Gasteiger charge is -2.11. The van der Waals surface area contributed by atoms with Crippen molar-refractivity contribution in [2.24, 2.45) is 10.9 Å². The van der Waals surface area contributed by atoms with Gasteiger partial charge in [-0.1, -0.05) is 25.1 Å². The van der Waals surface area contributed by atoms with Crippen molar-refractivity contribution in [3.8, 4) is 5.75 Å². The number of nitrogens with zero attached hydrogens (tertiary/aromatic N) is 1. The highest BCUT2D eigenvalue weighted by Gasteiger charge is 2.33. The molecule has 2 unspecified atom stereocenters. The second-order valence-corrected chi connectivity index (χ2v) is 5.29. The summed E-state index contributed by atoms with van der Waals surface area (Å²) in [7, 11) is 1.71. The normalized spacial score (nSPS) is 20.4. The van der Waals surface area contributed by atoms with Gasteiger partial charge in [0.15, 0.2) is 5.96 Å². The zero-order valence-electron chi connectivity index (χ0n) is 13.1. The highest BCUT2D eigenvalue weighted by Crippen LogP contribution is 2.28. The van der Waals surface area contributed by atoms with Gasteiger partial charge in [0.05, 0.1) is 7.11 Å². The number of ether oxygens (including phenoxy) is 1. The van der Waals surface area contributed by atoms with E-state index in [2.05, 4.69) is 35.5 Å². The van der Waals surface area contributed by atoms with Crippen LogP contribution in [0.2, 0.25) is 0 Å². The Balaban J connectivity index is 0.00000220. The minimum absolute atomic E-state index is 0. The summed E-state index contributed by atoms with van der Waals surface area (Å²) in [5, 5.41) is 6.76. The molecular weight excluding hydrogens is 377 g/mol. The minimum Gasteiger partial charge on any atom is -0.496 e. The molecule has 0 aliphatic heterocycles. The highest BCUT2D eigenvalue weighted by atomic mass is 127. The van der Waals surface area contributed by atoms with Gasteiger partial charge in [0.2, 0.25) is 0 Å². The van der Waals surface area contributed by atoms with Crippen molar-refractivity contribution in [3.05, 3.63) is 29.8 Å². The van der Waals surface area contributed by atoms with Gasteiger partial charge >= 0.3 is 0 Å². The van der Waals surface area contributed by atoms with Gasteiger partial charge in [0, 0.05) is 19.1 Å². The lowest BCUT2D eigenvalue weighted by molar-refractivity contribution is 0.410. The van der Waals surface area contributed by atoms with Crippen molar-refractivity contribution >= 4 is 29.9 Å². The van der Waals surface area contributed by atoms with Crippen LogP contribution in [0.4, 0.5) is 0 Å². The molecule has 1 aliphatic carbocycles. The molecule has 2 N–H and O–H groups in total. The summed E-state index contributed by atoms with van der Waals surface area (Å²) in [4.78, 5) is 4.64. The molecule has 1 aromatic rings. The Morgan fingerprint density at radius 2 is 2.10 bits per heavy atom. The maximum absolute atomic E-state index is 5.36. The third-order valence-corrected chi connectivity index (χ3v) is 3.62. The molecule has 0 radical (unpaired) electrons. The predicted octanol–water partition coefficient (Wildman–Crippen LogP) is 2.82. The smallest absolute Gasteiger partial charge is 0.191 e. The molecule has 0 saturated heterocycles. The SMILES string of the molecule is CCNC(=NCCc1ccccc1OC)NC1CC1C.I. The van der Waals surface area contributed by atoms with Crippen molar-refractivity contribution in [2.45, 2.75) is 32.7 Å². The van der Waals surface area contributed by atoms with Gasteiger partial charge in [-0.2, -0.15) is 0 Å². The third-order valence-electron chi connectivity index (χ3n) is 3.62. The first-order valence-electron chi connectivity index (χ1n) is 7.41. The standard InChI is InChI=1S/C16H25N3O.HI/c1-4-17-16(19-14-11-12(14)2)18-10-9-13-7-5-6-8-15(13)20-3;/h5-8,12,14H,4,9-11H2,1-3H3,(H2,17,18,19);1H. The second-order valence-electron chi connectivity index (χ2n) is 5.29. The number of hydrogen-bond donors (Lipinski definition) is 2. The van der Waals surface area contributed by atoms with E-state index in [4.69, 9.17) is 4.74 Å². The second kappa shape index (κ2) is 9.12. The lowest BCUT2D eigenvalue weighted by Crippen LogP contribution is -2.39. The van der Waals surface area contributed by atoms with E-state index in [1.165, 1.54) is 12.0 Å². The molecule has 1 aliphatic rings. The zero-order valence-corrected chi connectivity index (χ0v) is 15.4. The molecule has 21 heavy (non-hydrogen) atoms. The van der Waals surface area contributed by atoms with Crippen LogP contribution in [0.5, 0.6) is 5.75 Å². The molecule has 1 aromatic carbocycles. The molecule has 1 fully saturated rings. The van der Waals surface area contributed by atoms with Gasteiger partial charge in [0.1, 0.15) is 5.75 Å². The maximum atomic E-state index is 5.36. The molecule has 0 aromatic heterocycles. The fourth-order valence-corrected chi connectivity index (χ4v) is 2.22. The molecule has 4 nitrogen and oxygen atoms in total. The Morgan fingerprint density at radius 3 is 2.71 bits per heavy atom. The minimum atomic E-state index is 0. The van der Waals surface area contributed by atoms with Gasteiger partial charge in [-0.15, -0.1) is 24.0 Å². The molecule has 118 valence electrons. The number of rotatable bonds is 6. The number of aliphatic imine (C=N–C) groups is 1. The van der Waals surface area contributed by atoms with E-state index in [-0.39, 0.29) is 24.0 Å². The first-order valence-corrected chi connectivity index (χ1v) is 7.41. The van der Waals surface area contributed by atoms with Crippen molar-refractivity contribution < 1.29 is 4.74 Å².